The first-order valence-corrected chi connectivity index (χ1v) is 4.39. The highest BCUT2D eigenvalue weighted by Crippen LogP contribution is 2.18. The summed E-state index contributed by atoms with van der Waals surface area (Å²) in [6.07, 6.45) is 6.19. The Bertz CT molecular complexity index is 372. The van der Waals surface area contributed by atoms with Crippen molar-refractivity contribution in [2.75, 3.05) is 7.11 Å². The van der Waals surface area contributed by atoms with Crippen LogP contribution in [0.1, 0.15) is 6.92 Å². The minimum absolute atomic E-state index is 0.140. The minimum Gasteiger partial charge on any atom is -0.465 e. The summed E-state index contributed by atoms with van der Waals surface area (Å²) < 4.78 is 4.52. The van der Waals surface area contributed by atoms with Crippen molar-refractivity contribution in [1.29, 1.82) is 0 Å². The summed E-state index contributed by atoms with van der Waals surface area (Å²) in [7, 11) is 1.23. The number of methoxy groups -OCH3 is 1. The van der Waals surface area contributed by atoms with E-state index in [0.717, 1.165) is 0 Å². The molecule has 0 fully saturated rings. The van der Waals surface area contributed by atoms with E-state index in [4.69, 9.17) is 0 Å². The van der Waals surface area contributed by atoms with Gasteiger partial charge in [0.15, 0.2) is 6.29 Å². The molecule has 0 heterocycles. The van der Waals surface area contributed by atoms with Gasteiger partial charge in [-0.05, 0) is 25.2 Å². The predicted octanol–water partition coefficient (Wildman–Crippen LogP) is 0.532. The molecule has 15 heavy (non-hydrogen) atoms. The maximum atomic E-state index is 11.3. The number of esters is 1. The van der Waals surface area contributed by atoms with Crippen LogP contribution in [-0.2, 0) is 14.3 Å². The lowest BCUT2D eigenvalue weighted by atomic mass is 10.1. The SMILES string of the molecule is COC(=O)C1=C(C=O)C=CC(C)(O)C=C1. The highest BCUT2D eigenvalue weighted by Gasteiger charge is 2.19. The molecule has 1 unspecified atom stereocenters. The van der Waals surface area contributed by atoms with Gasteiger partial charge in [-0.1, -0.05) is 6.08 Å². The quantitative estimate of drug-likeness (QED) is 0.531. The van der Waals surface area contributed by atoms with Gasteiger partial charge in [-0.3, -0.25) is 4.79 Å². The molecule has 0 aromatic carbocycles. The molecule has 0 bridgehead atoms. The molecule has 0 aromatic heterocycles. The van der Waals surface area contributed by atoms with Crippen LogP contribution in [0.5, 0.6) is 0 Å². The zero-order valence-electron chi connectivity index (χ0n) is 8.56. The monoisotopic (exact) mass is 208 g/mol. The lowest BCUT2D eigenvalue weighted by molar-refractivity contribution is -0.135. The maximum absolute atomic E-state index is 11.3. The van der Waals surface area contributed by atoms with Crippen molar-refractivity contribution in [3.05, 3.63) is 35.5 Å². The van der Waals surface area contributed by atoms with Crippen LogP contribution in [0, 0.1) is 0 Å². The molecule has 0 amide bonds. The Hall–Kier alpha value is -1.68. The zero-order chi connectivity index (χ0) is 11.5. The van der Waals surface area contributed by atoms with Gasteiger partial charge in [0.25, 0.3) is 0 Å². The van der Waals surface area contributed by atoms with Crippen molar-refractivity contribution < 1.29 is 19.4 Å². The number of carbonyl (C=O) groups is 2. The second kappa shape index (κ2) is 4.23. The van der Waals surface area contributed by atoms with E-state index >= 15 is 0 Å². The molecule has 4 nitrogen and oxygen atoms in total. The molecule has 0 aromatic rings. The summed E-state index contributed by atoms with van der Waals surface area (Å²) in [6.45, 7) is 1.54. The van der Waals surface area contributed by atoms with Crippen LogP contribution < -0.4 is 0 Å². The summed E-state index contributed by atoms with van der Waals surface area (Å²) in [5, 5.41) is 9.67. The van der Waals surface area contributed by atoms with Crippen molar-refractivity contribution in [3.63, 3.8) is 0 Å². The van der Waals surface area contributed by atoms with Gasteiger partial charge < -0.3 is 9.84 Å². The normalized spacial score (nSPS) is 25.0. The van der Waals surface area contributed by atoms with Crippen LogP contribution in [0.25, 0.3) is 0 Å². The highest BCUT2D eigenvalue weighted by molar-refractivity contribution is 5.99. The van der Waals surface area contributed by atoms with Gasteiger partial charge in [0.05, 0.1) is 18.3 Å². The Morgan fingerprint density at radius 3 is 2.60 bits per heavy atom. The molecule has 0 aliphatic heterocycles. The third-order valence-corrected chi connectivity index (χ3v) is 2.03. The van der Waals surface area contributed by atoms with E-state index in [1.165, 1.54) is 31.4 Å². The Balaban J connectivity index is 3.20. The average Bonchev–Trinajstić information content (AvgIpc) is 2.35. The van der Waals surface area contributed by atoms with Crippen LogP contribution in [-0.4, -0.2) is 30.1 Å². The molecule has 0 saturated heterocycles. The van der Waals surface area contributed by atoms with Crippen LogP contribution >= 0.6 is 0 Å². The van der Waals surface area contributed by atoms with Crippen molar-refractivity contribution in [3.8, 4) is 0 Å². The first-order valence-electron chi connectivity index (χ1n) is 4.39. The number of hydrogen-bond acceptors (Lipinski definition) is 4. The van der Waals surface area contributed by atoms with Crippen LogP contribution in [0.15, 0.2) is 35.5 Å². The number of carbonyl (C=O) groups excluding carboxylic acids is 2. The van der Waals surface area contributed by atoms with E-state index in [9.17, 15) is 14.7 Å². The third kappa shape index (κ3) is 2.63. The number of rotatable bonds is 2. The van der Waals surface area contributed by atoms with E-state index in [-0.39, 0.29) is 11.1 Å². The lowest BCUT2D eigenvalue weighted by Crippen LogP contribution is -2.16. The standard InChI is InChI=1S/C11H12O4/c1-11(14)5-3-8(7-12)9(4-6-11)10(13)15-2/h3-7,14H,1-2H3. The molecule has 0 spiro atoms. The number of aliphatic hydroxyl groups is 1. The average molecular weight is 208 g/mol. The van der Waals surface area contributed by atoms with E-state index in [2.05, 4.69) is 4.74 Å². The third-order valence-electron chi connectivity index (χ3n) is 2.03. The molecule has 1 rings (SSSR count). The molecule has 1 N–H and O–H groups in total. The van der Waals surface area contributed by atoms with Gasteiger partial charge in [-0.15, -0.1) is 0 Å². The lowest BCUT2D eigenvalue weighted by Gasteiger charge is -2.11. The first-order chi connectivity index (χ1) is 7.00. The van der Waals surface area contributed by atoms with Gasteiger partial charge in [0.1, 0.15) is 0 Å². The molecule has 0 radical (unpaired) electrons. The fourth-order valence-electron chi connectivity index (χ4n) is 1.15. The van der Waals surface area contributed by atoms with Crippen molar-refractivity contribution >= 4 is 12.3 Å². The second-order valence-electron chi connectivity index (χ2n) is 3.37. The van der Waals surface area contributed by atoms with E-state index in [1.54, 1.807) is 6.92 Å². The summed E-state index contributed by atoms with van der Waals surface area (Å²) in [6, 6.07) is 0. The van der Waals surface area contributed by atoms with Crippen LogP contribution in [0.3, 0.4) is 0 Å². The van der Waals surface area contributed by atoms with Crippen molar-refractivity contribution in [2.45, 2.75) is 12.5 Å². The highest BCUT2D eigenvalue weighted by atomic mass is 16.5. The van der Waals surface area contributed by atoms with Gasteiger partial charge in [0.2, 0.25) is 0 Å². The largest absolute Gasteiger partial charge is 0.465 e. The summed E-state index contributed by atoms with van der Waals surface area (Å²) in [5.41, 5.74) is -0.832. The Morgan fingerprint density at radius 1 is 1.47 bits per heavy atom. The van der Waals surface area contributed by atoms with E-state index < -0.39 is 11.6 Å². The first kappa shape index (κ1) is 11.4. The van der Waals surface area contributed by atoms with Crippen molar-refractivity contribution in [2.24, 2.45) is 0 Å². The maximum Gasteiger partial charge on any atom is 0.338 e. The van der Waals surface area contributed by atoms with Crippen LogP contribution in [0.2, 0.25) is 0 Å². The van der Waals surface area contributed by atoms with Gasteiger partial charge in [-0.2, -0.15) is 0 Å². The Morgan fingerprint density at radius 2 is 2.07 bits per heavy atom. The number of allylic oxidation sites excluding steroid dienone is 2. The minimum atomic E-state index is -1.16. The predicted molar refractivity (Wildman–Crippen MR) is 54.0 cm³/mol. The molecule has 1 atom stereocenters. The number of ether oxygens (including phenoxy) is 1. The Labute approximate surface area is 87.5 Å². The molecule has 4 heteroatoms. The smallest absolute Gasteiger partial charge is 0.338 e. The molecule has 80 valence electrons. The molecule has 1 aliphatic rings. The summed E-state index contributed by atoms with van der Waals surface area (Å²) in [4.78, 5) is 22.0. The van der Waals surface area contributed by atoms with Crippen molar-refractivity contribution in [1.82, 2.24) is 0 Å². The summed E-state index contributed by atoms with van der Waals surface area (Å²) in [5.74, 6) is -0.601. The summed E-state index contributed by atoms with van der Waals surface area (Å²) >= 11 is 0. The van der Waals surface area contributed by atoms with Crippen LogP contribution in [0.4, 0.5) is 0 Å². The van der Waals surface area contributed by atoms with Gasteiger partial charge in [-0.25, -0.2) is 4.79 Å². The fraction of sp³-hybridized carbons (Fsp3) is 0.273. The second-order valence-corrected chi connectivity index (χ2v) is 3.37. The van der Waals surface area contributed by atoms with E-state index in [1.807, 2.05) is 0 Å². The molecule has 1 aliphatic carbocycles. The Kier molecular flexibility index (Phi) is 3.21. The number of hydrogen-bond donors (Lipinski definition) is 1. The molecular weight excluding hydrogens is 196 g/mol. The fourth-order valence-corrected chi connectivity index (χ4v) is 1.15. The molecule has 0 saturated carbocycles. The van der Waals surface area contributed by atoms with Gasteiger partial charge >= 0.3 is 5.97 Å². The molecular formula is C11H12O4. The van der Waals surface area contributed by atoms with Gasteiger partial charge in [0, 0.05) is 5.57 Å². The zero-order valence-corrected chi connectivity index (χ0v) is 8.56. The number of aldehydes is 1. The topological polar surface area (TPSA) is 63.6 Å². The van der Waals surface area contributed by atoms with E-state index in [0.29, 0.717) is 6.29 Å².